The number of aromatic nitrogens is 1. The minimum atomic E-state index is -0.471. The summed E-state index contributed by atoms with van der Waals surface area (Å²) in [5.74, 6) is 0. The molecule has 1 aromatic heterocycles. The van der Waals surface area contributed by atoms with Crippen LogP contribution in [0.1, 0.15) is 49.9 Å². The van der Waals surface area contributed by atoms with E-state index in [1.54, 1.807) is 0 Å². The van der Waals surface area contributed by atoms with E-state index in [1.165, 1.54) is 5.56 Å². The third kappa shape index (κ3) is 5.65. The molecule has 0 N–H and O–H groups in total. The fourth-order valence-electron chi connectivity index (χ4n) is 4.65. The van der Waals surface area contributed by atoms with Crippen molar-refractivity contribution in [3.8, 4) is 11.1 Å². The monoisotopic (exact) mass is 483 g/mol. The molecule has 1 atom stereocenters. The molecular formula is C31H30ClNO2. The van der Waals surface area contributed by atoms with Gasteiger partial charge in [0.2, 0.25) is 0 Å². The number of rotatable bonds is 6. The van der Waals surface area contributed by atoms with Gasteiger partial charge in [0, 0.05) is 17.0 Å². The third-order valence-corrected chi connectivity index (χ3v) is 6.69. The van der Waals surface area contributed by atoms with Gasteiger partial charge in [0.1, 0.15) is 0 Å². The quantitative estimate of drug-likeness (QED) is 0.275. The highest BCUT2D eigenvalue weighted by atomic mass is 35.5. The topological polar surface area (TPSA) is 31.4 Å². The summed E-state index contributed by atoms with van der Waals surface area (Å²) in [6.45, 7) is 5.03. The van der Waals surface area contributed by atoms with E-state index in [4.69, 9.17) is 26.1 Å². The summed E-state index contributed by atoms with van der Waals surface area (Å²) in [5.41, 5.74) is 5.91. The molecule has 1 unspecified atom stereocenters. The first-order valence-corrected chi connectivity index (χ1v) is 12.6. The Morgan fingerprint density at radius 1 is 0.943 bits per heavy atom. The van der Waals surface area contributed by atoms with Crippen molar-refractivity contribution in [2.45, 2.75) is 45.0 Å². The Kier molecular flexibility index (Phi) is 7.01. The van der Waals surface area contributed by atoms with E-state index in [2.05, 4.69) is 74.5 Å². The van der Waals surface area contributed by atoms with E-state index in [9.17, 15) is 0 Å². The zero-order chi connectivity index (χ0) is 24.3. The molecule has 0 aliphatic carbocycles. The molecule has 0 bridgehead atoms. The molecule has 4 heteroatoms. The normalized spacial score (nSPS) is 16.7. The van der Waals surface area contributed by atoms with Crippen LogP contribution in [0.5, 0.6) is 0 Å². The molecule has 0 amide bonds. The van der Waals surface area contributed by atoms with Crippen molar-refractivity contribution in [3.05, 3.63) is 101 Å². The fraction of sp³-hybridized carbons (Fsp3) is 0.258. The Balaban J connectivity index is 1.41. The number of halogens is 1. The largest absolute Gasteiger partial charge is 0.353 e. The van der Waals surface area contributed by atoms with Crippen LogP contribution in [0.3, 0.4) is 0 Å². The molecule has 1 aliphatic heterocycles. The van der Waals surface area contributed by atoms with Crippen LogP contribution < -0.4 is 0 Å². The highest BCUT2D eigenvalue weighted by Crippen LogP contribution is 2.36. The third-order valence-electron chi connectivity index (χ3n) is 6.46. The van der Waals surface area contributed by atoms with Crippen LogP contribution in [0.4, 0.5) is 0 Å². The number of ether oxygens (including phenoxy) is 2. The number of pyridine rings is 1. The van der Waals surface area contributed by atoms with Crippen LogP contribution in [0, 0.1) is 0 Å². The molecule has 5 rings (SSSR count). The number of benzene rings is 3. The minimum absolute atomic E-state index is 0.148. The van der Waals surface area contributed by atoms with Gasteiger partial charge in [-0.1, -0.05) is 72.3 Å². The first-order valence-electron chi connectivity index (χ1n) is 12.2. The SMILES string of the molecule is CC(C)(OC1CCCCO1)c1ccccc1-c1cccc(/C=C/c2ccc3ccc(Cl)cc3n2)c1. The van der Waals surface area contributed by atoms with E-state index >= 15 is 0 Å². The van der Waals surface area contributed by atoms with Gasteiger partial charge >= 0.3 is 0 Å². The molecule has 1 saturated heterocycles. The van der Waals surface area contributed by atoms with Gasteiger partial charge in [-0.15, -0.1) is 0 Å². The second-order valence-electron chi connectivity index (χ2n) is 9.50. The van der Waals surface area contributed by atoms with Crippen molar-refractivity contribution in [2.75, 3.05) is 6.61 Å². The van der Waals surface area contributed by atoms with Crippen molar-refractivity contribution < 1.29 is 9.47 Å². The Morgan fingerprint density at radius 3 is 2.66 bits per heavy atom. The maximum Gasteiger partial charge on any atom is 0.158 e. The Bertz CT molecular complexity index is 1360. The lowest BCUT2D eigenvalue weighted by Crippen LogP contribution is -2.32. The molecule has 178 valence electrons. The molecule has 0 spiro atoms. The predicted octanol–water partition coefficient (Wildman–Crippen LogP) is 8.50. The van der Waals surface area contributed by atoms with Crippen LogP contribution in [0.25, 0.3) is 34.2 Å². The average molecular weight is 484 g/mol. The van der Waals surface area contributed by atoms with Crippen LogP contribution >= 0.6 is 11.6 Å². The molecule has 3 nitrogen and oxygen atoms in total. The van der Waals surface area contributed by atoms with Crippen molar-refractivity contribution in [1.82, 2.24) is 4.98 Å². The predicted molar refractivity (Wildman–Crippen MR) is 145 cm³/mol. The molecule has 0 radical (unpaired) electrons. The Morgan fingerprint density at radius 2 is 1.80 bits per heavy atom. The summed E-state index contributed by atoms with van der Waals surface area (Å²) in [5, 5.41) is 1.77. The van der Waals surface area contributed by atoms with Gasteiger partial charge < -0.3 is 9.47 Å². The van der Waals surface area contributed by atoms with Crippen molar-refractivity contribution in [1.29, 1.82) is 0 Å². The molecular weight excluding hydrogens is 454 g/mol. The van der Waals surface area contributed by atoms with Gasteiger partial charge in [-0.25, -0.2) is 4.98 Å². The lowest BCUT2D eigenvalue weighted by atomic mass is 9.88. The van der Waals surface area contributed by atoms with Crippen molar-refractivity contribution >= 4 is 34.7 Å². The minimum Gasteiger partial charge on any atom is -0.353 e. The Hall–Kier alpha value is -2.98. The van der Waals surface area contributed by atoms with Gasteiger partial charge in [0.05, 0.1) is 16.8 Å². The smallest absolute Gasteiger partial charge is 0.158 e. The highest BCUT2D eigenvalue weighted by molar-refractivity contribution is 6.31. The summed E-state index contributed by atoms with van der Waals surface area (Å²) >= 11 is 6.14. The fourth-order valence-corrected chi connectivity index (χ4v) is 4.81. The number of hydrogen-bond acceptors (Lipinski definition) is 3. The molecule has 1 fully saturated rings. The van der Waals surface area contributed by atoms with E-state index in [0.29, 0.717) is 5.02 Å². The summed E-state index contributed by atoms with van der Waals surface area (Å²) < 4.78 is 12.3. The van der Waals surface area contributed by atoms with E-state index < -0.39 is 5.60 Å². The Labute approximate surface area is 212 Å². The first-order chi connectivity index (χ1) is 17.0. The van der Waals surface area contributed by atoms with Gasteiger partial charge in [0.25, 0.3) is 0 Å². The molecule has 2 heterocycles. The highest BCUT2D eigenvalue weighted by Gasteiger charge is 2.29. The first kappa shape index (κ1) is 23.7. The second-order valence-corrected chi connectivity index (χ2v) is 9.94. The number of fused-ring (bicyclic) bond motifs is 1. The van der Waals surface area contributed by atoms with Gasteiger partial charge in [-0.05, 0) is 85.7 Å². The molecule has 1 aliphatic rings. The zero-order valence-corrected chi connectivity index (χ0v) is 21.0. The molecule has 35 heavy (non-hydrogen) atoms. The molecule has 4 aromatic rings. The number of hydrogen-bond donors (Lipinski definition) is 0. The summed E-state index contributed by atoms with van der Waals surface area (Å²) in [4.78, 5) is 4.73. The van der Waals surface area contributed by atoms with Crippen LogP contribution in [-0.2, 0) is 15.1 Å². The van der Waals surface area contributed by atoms with Gasteiger partial charge in [-0.2, -0.15) is 0 Å². The summed E-state index contributed by atoms with van der Waals surface area (Å²) in [6, 6.07) is 26.9. The van der Waals surface area contributed by atoms with E-state index in [1.807, 2.05) is 30.3 Å². The second kappa shape index (κ2) is 10.3. The summed E-state index contributed by atoms with van der Waals surface area (Å²) in [6.07, 6.45) is 7.20. The van der Waals surface area contributed by atoms with Crippen LogP contribution in [-0.4, -0.2) is 17.9 Å². The van der Waals surface area contributed by atoms with Crippen LogP contribution in [0.15, 0.2) is 78.9 Å². The maximum absolute atomic E-state index is 6.45. The van der Waals surface area contributed by atoms with Crippen molar-refractivity contribution in [2.24, 2.45) is 0 Å². The lowest BCUT2D eigenvalue weighted by molar-refractivity contribution is -0.218. The number of nitrogens with zero attached hydrogens (tertiary/aromatic N) is 1. The average Bonchev–Trinajstić information content (AvgIpc) is 2.88. The maximum atomic E-state index is 6.45. The standard InChI is InChI=1S/C31H30ClNO2/c1-31(2,35-30-12-5-6-19-34-30)28-11-4-3-10-27(28)24-9-7-8-22(20-24)13-17-26-18-15-23-14-16-25(32)21-29(23)33-26/h3-4,7-11,13-18,20-21,30H,5-6,12,19H2,1-2H3/b17-13+. The molecule has 0 saturated carbocycles. The van der Waals surface area contributed by atoms with Crippen LogP contribution in [0.2, 0.25) is 5.02 Å². The van der Waals surface area contributed by atoms with E-state index in [-0.39, 0.29) is 6.29 Å². The van der Waals surface area contributed by atoms with Crippen molar-refractivity contribution in [3.63, 3.8) is 0 Å². The van der Waals surface area contributed by atoms with E-state index in [0.717, 1.165) is 59.2 Å². The lowest BCUT2D eigenvalue weighted by Gasteiger charge is -2.34. The van der Waals surface area contributed by atoms with Gasteiger partial charge in [-0.3, -0.25) is 0 Å². The zero-order valence-electron chi connectivity index (χ0n) is 20.2. The summed E-state index contributed by atoms with van der Waals surface area (Å²) in [7, 11) is 0. The van der Waals surface area contributed by atoms with Gasteiger partial charge in [0.15, 0.2) is 6.29 Å². The molecule has 3 aromatic carbocycles.